The molecule has 3 rings (SSSR count). The lowest BCUT2D eigenvalue weighted by Gasteiger charge is -2.36. The van der Waals surface area contributed by atoms with E-state index in [4.69, 9.17) is 0 Å². The summed E-state index contributed by atoms with van der Waals surface area (Å²) in [6, 6.07) is 3.93. The van der Waals surface area contributed by atoms with Gasteiger partial charge in [0.2, 0.25) is 0 Å². The lowest BCUT2D eigenvalue weighted by Crippen LogP contribution is -2.47. The second-order valence-corrected chi connectivity index (χ2v) is 6.22. The van der Waals surface area contributed by atoms with Gasteiger partial charge in [-0.15, -0.1) is 0 Å². The zero-order chi connectivity index (χ0) is 15.1. The summed E-state index contributed by atoms with van der Waals surface area (Å²) in [5.41, 5.74) is 0.816. The molecule has 2 saturated heterocycles. The molecule has 0 radical (unpaired) electrons. The SMILES string of the molecule is Cc1cc(N(C)C2CC3CCC(C2)N3)c([N+](=O)[O-])cc1F. The van der Waals surface area contributed by atoms with E-state index in [1.54, 1.807) is 13.0 Å². The molecule has 0 aromatic heterocycles. The van der Waals surface area contributed by atoms with E-state index < -0.39 is 10.7 Å². The fraction of sp³-hybridized carbons (Fsp3) is 0.600. The zero-order valence-corrected chi connectivity index (χ0v) is 12.3. The predicted molar refractivity (Wildman–Crippen MR) is 79.2 cm³/mol. The molecule has 5 nitrogen and oxygen atoms in total. The average molecular weight is 293 g/mol. The van der Waals surface area contributed by atoms with Gasteiger partial charge < -0.3 is 10.2 Å². The van der Waals surface area contributed by atoms with E-state index in [0.29, 0.717) is 23.3 Å². The number of halogens is 1. The molecule has 21 heavy (non-hydrogen) atoms. The molecule has 0 amide bonds. The summed E-state index contributed by atoms with van der Waals surface area (Å²) in [5.74, 6) is -0.524. The van der Waals surface area contributed by atoms with Gasteiger partial charge in [0.05, 0.1) is 11.0 Å². The van der Waals surface area contributed by atoms with Crippen molar-refractivity contribution in [1.29, 1.82) is 0 Å². The minimum atomic E-state index is -0.524. The summed E-state index contributed by atoms with van der Waals surface area (Å²) in [4.78, 5) is 12.7. The van der Waals surface area contributed by atoms with Gasteiger partial charge in [-0.25, -0.2) is 4.39 Å². The van der Waals surface area contributed by atoms with E-state index >= 15 is 0 Å². The Morgan fingerprint density at radius 1 is 1.33 bits per heavy atom. The third kappa shape index (κ3) is 2.60. The third-order valence-corrected chi connectivity index (χ3v) is 4.83. The number of hydrogen-bond acceptors (Lipinski definition) is 4. The van der Waals surface area contributed by atoms with E-state index in [1.807, 2.05) is 11.9 Å². The van der Waals surface area contributed by atoms with Crippen molar-refractivity contribution in [2.45, 2.75) is 50.7 Å². The van der Waals surface area contributed by atoms with Crippen molar-refractivity contribution in [2.75, 3.05) is 11.9 Å². The van der Waals surface area contributed by atoms with Crippen molar-refractivity contribution in [3.05, 3.63) is 33.6 Å². The molecule has 1 N–H and O–H groups in total. The largest absolute Gasteiger partial charge is 0.366 e. The van der Waals surface area contributed by atoms with Gasteiger partial charge in [-0.2, -0.15) is 0 Å². The molecule has 1 aromatic carbocycles. The molecule has 2 aliphatic heterocycles. The molecule has 1 aromatic rings. The molecule has 0 saturated carbocycles. The Morgan fingerprint density at radius 2 is 1.95 bits per heavy atom. The fourth-order valence-corrected chi connectivity index (χ4v) is 3.62. The van der Waals surface area contributed by atoms with Gasteiger partial charge in [0, 0.05) is 25.2 Å². The molecule has 0 aliphatic carbocycles. The van der Waals surface area contributed by atoms with Crippen LogP contribution in [0.15, 0.2) is 12.1 Å². The van der Waals surface area contributed by atoms with Crippen molar-refractivity contribution in [2.24, 2.45) is 0 Å². The van der Waals surface area contributed by atoms with E-state index in [1.165, 1.54) is 12.8 Å². The van der Waals surface area contributed by atoms with Crippen LogP contribution in [0.2, 0.25) is 0 Å². The van der Waals surface area contributed by atoms with Crippen LogP contribution in [0.3, 0.4) is 0 Å². The number of nitrogens with zero attached hydrogens (tertiary/aromatic N) is 2. The molecule has 0 spiro atoms. The van der Waals surface area contributed by atoms with Crippen LogP contribution in [0.4, 0.5) is 15.8 Å². The van der Waals surface area contributed by atoms with Crippen LogP contribution < -0.4 is 10.2 Å². The topological polar surface area (TPSA) is 58.4 Å². The predicted octanol–water partition coefficient (Wildman–Crippen LogP) is 2.76. The molecule has 2 bridgehead atoms. The highest BCUT2D eigenvalue weighted by Crippen LogP contribution is 2.36. The highest BCUT2D eigenvalue weighted by atomic mass is 19.1. The van der Waals surface area contributed by atoms with E-state index in [2.05, 4.69) is 5.32 Å². The van der Waals surface area contributed by atoms with Gasteiger partial charge in [-0.3, -0.25) is 10.1 Å². The van der Waals surface area contributed by atoms with Crippen LogP contribution >= 0.6 is 0 Å². The summed E-state index contributed by atoms with van der Waals surface area (Å²) < 4.78 is 13.6. The van der Waals surface area contributed by atoms with E-state index in [-0.39, 0.29) is 11.7 Å². The molecule has 2 fully saturated rings. The molecular weight excluding hydrogens is 273 g/mol. The summed E-state index contributed by atoms with van der Waals surface area (Å²) in [5, 5.41) is 14.8. The van der Waals surface area contributed by atoms with Crippen molar-refractivity contribution in [3.63, 3.8) is 0 Å². The normalized spacial score (nSPS) is 27.7. The van der Waals surface area contributed by atoms with Crippen molar-refractivity contribution >= 4 is 11.4 Å². The summed E-state index contributed by atoms with van der Waals surface area (Å²) in [6.45, 7) is 1.64. The lowest BCUT2D eigenvalue weighted by molar-refractivity contribution is -0.384. The molecule has 2 unspecified atom stereocenters. The smallest absolute Gasteiger partial charge is 0.295 e. The lowest BCUT2D eigenvalue weighted by atomic mass is 9.97. The first kappa shape index (κ1) is 14.3. The minimum absolute atomic E-state index is 0.147. The summed E-state index contributed by atoms with van der Waals surface area (Å²) >= 11 is 0. The van der Waals surface area contributed by atoms with Gasteiger partial charge in [0.25, 0.3) is 5.69 Å². The monoisotopic (exact) mass is 293 g/mol. The Bertz CT molecular complexity index is 566. The highest BCUT2D eigenvalue weighted by molar-refractivity contribution is 5.65. The number of fused-ring (bicyclic) bond motifs is 2. The highest BCUT2D eigenvalue weighted by Gasteiger charge is 2.36. The molecule has 2 heterocycles. The first-order valence-corrected chi connectivity index (χ1v) is 7.39. The second kappa shape index (κ2) is 5.26. The quantitative estimate of drug-likeness (QED) is 0.687. The van der Waals surface area contributed by atoms with Gasteiger partial charge in [-0.05, 0) is 44.2 Å². The molecule has 6 heteroatoms. The van der Waals surface area contributed by atoms with Crippen LogP contribution in [0, 0.1) is 22.9 Å². The number of anilines is 1. The second-order valence-electron chi connectivity index (χ2n) is 6.22. The summed E-state index contributed by atoms with van der Waals surface area (Å²) in [7, 11) is 1.88. The molecule has 2 atom stereocenters. The van der Waals surface area contributed by atoms with Gasteiger partial charge in [0.1, 0.15) is 11.5 Å². The Balaban J connectivity index is 1.92. The van der Waals surface area contributed by atoms with Crippen molar-refractivity contribution < 1.29 is 9.31 Å². The fourth-order valence-electron chi connectivity index (χ4n) is 3.62. The van der Waals surface area contributed by atoms with Crippen LogP contribution in [0.5, 0.6) is 0 Å². The van der Waals surface area contributed by atoms with E-state index in [0.717, 1.165) is 18.9 Å². The minimum Gasteiger partial charge on any atom is -0.366 e. The van der Waals surface area contributed by atoms with Crippen LogP contribution in [0.25, 0.3) is 0 Å². The zero-order valence-electron chi connectivity index (χ0n) is 12.3. The van der Waals surface area contributed by atoms with Gasteiger partial charge in [0.15, 0.2) is 0 Å². The maximum Gasteiger partial charge on any atom is 0.295 e. The van der Waals surface area contributed by atoms with Crippen LogP contribution in [-0.4, -0.2) is 30.1 Å². The molecule has 114 valence electrons. The van der Waals surface area contributed by atoms with Crippen molar-refractivity contribution in [1.82, 2.24) is 5.32 Å². The Kier molecular flexibility index (Phi) is 3.57. The Hall–Kier alpha value is -1.69. The Labute approximate surface area is 123 Å². The first-order chi connectivity index (χ1) is 9.95. The van der Waals surface area contributed by atoms with Gasteiger partial charge >= 0.3 is 0 Å². The molecular formula is C15H20FN3O2. The number of hydrogen-bond donors (Lipinski definition) is 1. The number of nitro groups is 1. The number of nitrogens with one attached hydrogen (secondary N) is 1. The van der Waals surface area contributed by atoms with Crippen molar-refractivity contribution in [3.8, 4) is 0 Å². The maximum atomic E-state index is 13.6. The third-order valence-electron chi connectivity index (χ3n) is 4.83. The van der Waals surface area contributed by atoms with Crippen LogP contribution in [-0.2, 0) is 0 Å². The number of rotatable bonds is 3. The van der Waals surface area contributed by atoms with Crippen LogP contribution in [0.1, 0.15) is 31.2 Å². The van der Waals surface area contributed by atoms with Gasteiger partial charge in [-0.1, -0.05) is 0 Å². The summed E-state index contributed by atoms with van der Waals surface area (Å²) in [6.07, 6.45) is 4.33. The number of piperidine rings is 1. The number of benzene rings is 1. The molecule has 2 aliphatic rings. The first-order valence-electron chi connectivity index (χ1n) is 7.39. The average Bonchev–Trinajstić information content (AvgIpc) is 2.79. The number of nitro benzene ring substituents is 1. The maximum absolute atomic E-state index is 13.6. The Morgan fingerprint density at radius 3 is 2.52 bits per heavy atom. The van der Waals surface area contributed by atoms with E-state index in [9.17, 15) is 14.5 Å². The number of aryl methyl sites for hydroxylation is 1. The standard InChI is InChI=1S/C15H20FN3O2/c1-9-5-14(15(19(20)21)8-13(9)16)18(2)12-6-10-3-4-11(7-12)17-10/h5,8,10-12,17H,3-4,6-7H2,1-2H3.